The predicted molar refractivity (Wildman–Crippen MR) is 120 cm³/mol. The van der Waals surface area contributed by atoms with E-state index in [1.54, 1.807) is 0 Å². The summed E-state index contributed by atoms with van der Waals surface area (Å²) < 4.78 is 0. The molecule has 2 bridgehead atoms. The van der Waals surface area contributed by atoms with Crippen molar-refractivity contribution in [2.75, 3.05) is 5.32 Å². The average molecular weight is 402 g/mol. The predicted octanol–water partition coefficient (Wildman–Crippen LogP) is 4.45. The van der Waals surface area contributed by atoms with Crippen LogP contribution in [0.3, 0.4) is 0 Å². The van der Waals surface area contributed by atoms with Crippen LogP contribution in [-0.4, -0.2) is 10.9 Å². The van der Waals surface area contributed by atoms with E-state index in [0.717, 1.165) is 28.5 Å². The van der Waals surface area contributed by atoms with Gasteiger partial charge in [0.25, 0.3) is 5.91 Å². The second kappa shape index (κ2) is 7.40. The number of aryl methyl sites for hydroxylation is 1. The van der Waals surface area contributed by atoms with Crippen molar-refractivity contribution in [1.29, 1.82) is 0 Å². The third kappa shape index (κ3) is 3.05. The van der Waals surface area contributed by atoms with E-state index in [0.29, 0.717) is 23.5 Å². The molecule has 5 heteroatoms. The minimum Gasteiger partial charge on any atom is -0.360 e. The molecule has 0 spiro atoms. The monoisotopic (exact) mass is 401 g/mol. The number of pyridine rings is 1. The molecule has 0 saturated heterocycles. The number of H-pyrrole nitrogens is 1. The SMILES string of the molecule is Cc1cccc2[nH]cc(C(=O)Nc3ccc(C4C5CCC4CC5)cc3CN)c(=O)c12. The number of carbonyl (C=O) groups is 1. The number of benzene rings is 2. The van der Waals surface area contributed by atoms with E-state index in [4.69, 9.17) is 5.73 Å². The average Bonchev–Trinajstić information content (AvgIpc) is 3.35. The lowest BCUT2D eigenvalue weighted by atomic mass is 9.88. The lowest BCUT2D eigenvalue weighted by molar-refractivity contribution is 0.102. The molecule has 1 amide bonds. The highest BCUT2D eigenvalue weighted by atomic mass is 16.2. The Balaban J connectivity index is 1.45. The third-order valence-corrected chi connectivity index (χ3v) is 7.18. The summed E-state index contributed by atoms with van der Waals surface area (Å²) in [5.74, 6) is 1.80. The van der Waals surface area contributed by atoms with Gasteiger partial charge in [0.1, 0.15) is 5.56 Å². The second-order valence-electron chi connectivity index (χ2n) is 8.80. The summed E-state index contributed by atoms with van der Waals surface area (Å²) in [7, 11) is 0. The van der Waals surface area contributed by atoms with E-state index in [9.17, 15) is 9.59 Å². The quantitative estimate of drug-likeness (QED) is 0.603. The van der Waals surface area contributed by atoms with Gasteiger partial charge in [0, 0.05) is 29.3 Å². The van der Waals surface area contributed by atoms with Gasteiger partial charge in [-0.3, -0.25) is 9.59 Å². The van der Waals surface area contributed by atoms with Crippen molar-refractivity contribution in [3.05, 3.63) is 75.1 Å². The van der Waals surface area contributed by atoms with E-state index in [-0.39, 0.29) is 11.0 Å². The zero-order valence-electron chi connectivity index (χ0n) is 17.2. The number of aromatic amines is 1. The third-order valence-electron chi connectivity index (χ3n) is 7.18. The lowest BCUT2D eigenvalue weighted by Gasteiger charge is -2.19. The van der Waals surface area contributed by atoms with Crippen LogP contribution in [-0.2, 0) is 6.54 Å². The summed E-state index contributed by atoms with van der Waals surface area (Å²) in [6.07, 6.45) is 6.81. The molecule has 0 radical (unpaired) electrons. The Morgan fingerprint density at radius 2 is 1.87 bits per heavy atom. The molecule has 5 rings (SSSR count). The van der Waals surface area contributed by atoms with E-state index in [2.05, 4.69) is 22.4 Å². The molecule has 2 saturated carbocycles. The zero-order valence-corrected chi connectivity index (χ0v) is 17.2. The minimum atomic E-state index is -0.412. The molecule has 2 aromatic carbocycles. The number of amides is 1. The first-order valence-corrected chi connectivity index (χ1v) is 10.8. The van der Waals surface area contributed by atoms with Gasteiger partial charge in [0.15, 0.2) is 0 Å². The fourth-order valence-corrected chi connectivity index (χ4v) is 5.70. The van der Waals surface area contributed by atoms with Crippen LogP contribution in [0.15, 0.2) is 47.4 Å². The summed E-state index contributed by atoms with van der Waals surface area (Å²) >= 11 is 0. The van der Waals surface area contributed by atoms with Gasteiger partial charge in [-0.15, -0.1) is 0 Å². The topological polar surface area (TPSA) is 88.0 Å². The first kappa shape index (κ1) is 19.1. The van der Waals surface area contributed by atoms with Gasteiger partial charge in [-0.05, 0) is 79.2 Å². The smallest absolute Gasteiger partial charge is 0.261 e. The van der Waals surface area contributed by atoms with Crippen LogP contribution in [0, 0.1) is 18.8 Å². The van der Waals surface area contributed by atoms with E-state index in [1.807, 2.05) is 31.2 Å². The molecule has 2 aliphatic carbocycles. The van der Waals surface area contributed by atoms with Crippen molar-refractivity contribution in [3.63, 3.8) is 0 Å². The number of hydrogen-bond acceptors (Lipinski definition) is 3. The van der Waals surface area contributed by atoms with Gasteiger partial charge in [-0.2, -0.15) is 0 Å². The largest absolute Gasteiger partial charge is 0.360 e. The number of aromatic nitrogens is 1. The van der Waals surface area contributed by atoms with E-state index in [1.165, 1.54) is 37.4 Å². The van der Waals surface area contributed by atoms with Crippen molar-refractivity contribution >= 4 is 22.5 Å². The van der Waals surface area contributed by atoms with Crippen LogP contribution in [0.1, 0.15) is 58.6 Å². The van der Waals surface area contributed by atoms with Gasteiger partial charge < -0.3 is 16.0 Å². The van der Waals surface area contributed by atoms with Gasteiger partial charge in [0.2, 0.25) is 5.43 Å². The number of nitrogens with one attached hydrogen (secondary N) is 2. The molecule has 1 heterocycles. The molecule has 0 unspecified atom stereocenters. The number of anilines is 1. The molecule has 5 nitrogen and oxygen atoms in total. The maximum atomic E-state index is 12.9. The van der Waals surface area contributed by atoms with Crippen LogP contribution >= 0.6 is 0 Å². The Hall–Kier alpha value is -2.92. The molecular formula is C25H27N3O2. The lowest BCUT2D eigenvalue weighted by Crippen LogP contribution is -2.23. The Morgan fingerprint density at radius 3 is 2.57 bits per heavy atom. The van der Waals surface area contributed by atoms with Gasteiger partial charge in [0.05, 0.1) is 0 Å². The second-order valence-corrected chi connectivity index (χ2v) is 8.80. The molecule has 2 fully saturated rings. The summed E-state index contributed by atoms with van der Waals surface area (Å²) in [5, 5.41) is 3.47. The van der Waals surface area contributed by atoms with Gasteiger partial charge in [-0.1, -0.05) is 24.3 Å². The highest BCUT2D eigenvalue weighted by Gasteiger charge is 2.42. The zero-order chi connectivity index (χ0) is 20.8. The highest BCUT2D eigenvalue weighted by Crippen LogP contribution is 2.54. The van der Waals surface area contributed by atoms with Gasteiger partial charge in [-0.25, -0.2) is 0 Å². The fourth-order valence-electron chi connectivity index (χ4n) is 5.70. The van der Waals surface area contributed by atoms with E-state index < -0.39 is 5.91 Å². The molecule has 1 aromatic heterocycles. The first-order chi connectivity index (χ1) is 14.6. The maximum absolute atomic E-state index is 12.9. The summed E-state index contributed by atoms with van der Waals surface area (Å²) in [5.41, 5.74) is 10.4. The van der Waals surface area contributed by atoms with Crippen molar-refractivity contribution in [2.24, 2.45) is 17.6 Å². The standard InChI is InChI=1S/C25H27N3O2/c1-14-3-2-4-21-22(14)24(29)19(13-27-21)25(30)28-20-10-9-17(11-18(20)12-26)23-15-5-6-16(23)8-7-15/h2-4,9-11,13,15-16,23H,5-8,12,26H2,1H3,(H,27,29)(H,28,30). The Labute approximate surface area is 175 Å². The number of nitrogens with two attached hydrogens (primary N) is 1. The molecule has 0 atom stereocenters. The molecular weight excluding hydrogens is 374 g/mol. The normalized spacial score (nSPS) is 22.5. The fraction of sp³-hybridized carbons (Fsp3) is 0.360. The first-order valence-electron chi connectivity index (χ1n) is 10.8. The number of carbonyl (C=O) groups excluding carboxylic acids is 1. The Kier molecular flexibility index (Phi) is 4.70. The maximum Gasteiger partial charge on any atom is 0.261 e. The Bertz CT molecular complexity index is 1180. The minimum absolute atomic E-state index is 0.109. The van der Waals surface area contributed by atoms with Crippen molar-refractivity contribution < 1.29 is 4.79 Å². The molecule has 154 valence electrons. The summed E-state index contributed by atoms with van der Waals surface area (Å²) in [6.45, 7) is 2.22. The summed E-state index contributed by atoms with van der Waals surface area (Å²) in [4.78, 5) is 29.0. The van der Waals surface area contributed by atoms with Crippen molar-refractivity contribution in [1.82, 2.24) is 4.98 Å². The van der Waals surface area contributed by atoms with E-state index >= 15 is 0 Å². The number of rotatable bonds is 4. The summed E-state index contributed by atoms with van der Waals surface area (Å²) in [6, 6.07) is 11.8. The van der Waals surface area contributed by atoms with Crippen LogP contribution in [0.2, 0.25) is 0 Å². The molecule has 2 aliphatic rings. The molecule has 4 N–H and O–H groups in total. The van der Waals surface area contributed by atoms with Crippen LogP contribution in [0.25, 0.3) is 10.9 Å². The number of hydrogen-bond donors (Lipinski definition) is 3. The van der Waals surface area contributed by atoms with Crippen LogP contribution in [0.4, 0.5) is 5.69 Å². The van der Waals surface area contributed by atoms with Gasteiger partial charge >= 0.3 is 0 Å². The molecule has 30 heavy (non-hydrogen) atoms. The Morgan fingerprint density at radius 1 is 1.13 bits per heavy atom. The van der Waals surface area contributed by atoms with Crippen molar-refractivity contribution in [2.45, 2.75) is 45.1 Å². The number of fused-ring (bicyclic) bond motifs is 3. The molecule has 0 aliphatic heterocycles. The highest BCUT2D eigenvalue weighted by molar-refractivity contribution is 6.06. The molecule has 3 aromatic rings. The van der Waals surface area contributed by atoms with Crippen molar-refractivity contribution in [3.8, 4) is 0 Å². The van der Waals surface area contributed by atoms with Crippen LogP contribution < -0.4 is 16.5 Å². The van der Waals surface area contributed by atoms with Crippen LogP contribution in [0.5, 0.6) is 0 Å².